The van der Waals surface area contributed by atoms with Crippen LogP contribution in [-0.4, -0.2) is 41.3 Å². The van der Waals surface area contributed by atoms with Gasteiger partial charge in [-0.05, 0) is 12.1 Å². The Hall–Kier alpha value is -2.83. The zero-order chi connectivity index (χ0) is 15.1. The van der Waals surface area contributed by atoms with Crippen LogP contribution in [-0.2, 0) is 14.3 Å². The van der Waals surface area contributed by atoms with Crippen molar-refractivity contribution in [2.45, 2.75) is 0 Å². The molecule has 0 saturated heterocycles. The van der Waals surface area contributed by atoms with E-state index in [1.54, 1.807) is 0 Å². The third-order valence-electron chi connectivity index (χ3n) is 2.20. The topological polar surface area (TPSA) is 110 Å². The van der Waals surface area contributed by atoms with E-state index < -0.39 is 29.2 Å². The molecule has 106 valence electrons. The standard InChI is InChI=1S/C13H12O7/c1-2-10(15)19-6-7-20-13(18)8-4-3-5-9(14)11(8)12(16)17/h2-5,14H,1,6-7H2,(H,16,17). The Morgan fingerprint density at radius 1 is 1.20 bits per heavy atom. The van der Waals surface area contributed by atoms with Crippen LogP contribution >= 0.6 is 0 Å². The summed E-state index contributed by atoms with van der Waals surface area (Å²) in [6.07, 6.45) is 0.958. The quantitative estimate of drug-likeness (QED) is 0.454. The summed E-state index contributed by atoms with van der Waals surface area (Å²) in [5.41, 5.74) is -0.826. The van der Waals surface area contributed by atoms with Crippen LogP contribution in [0.25, 0.3) is 0 Å². The van der Waals surface area contributed by atoms with Gasteiger partial charge in [0, 0.05) is 6.08 Å². The maximum Gasteiger partial charge on any atom is 0.340 e. The van der Waals surface area contributed by atoms with Crippen LogP contribution in [0.2, 0.25) is 0 Å². The number of ether oxygens (including phenoxy) is 2. The summed E-state index contributed by atoms with van der Waals surface area (Å²) in [5, 5.41) is 18.3. The van der Waals surface area contributed by atoms with Gasteiger partial charge in [0.1, 0.15) is 24.5 Å². The number of hydrogen-bond acceptors (Lipinski definition) is 6. The minimum Gasteiger partial charge on any atom is -0.507 e. The largest absolute Gasteiger partial charge is 0.507 e. The van der Waals surface area contributed by atoms with Gasteiger partial charge >= 0.3 is 17.9 Å². The lowest BCUT2D eigenvalue weighted by atomic mass is 10.1. The molecule has 0 aliphatic rings. The second kappa shape index (κ2) is 6.93. The molecule has 0 amide bonds. The molecule has 1 aromatic carbocycles. The van der Waals surface area contributed by atoms with Gasteiger partial charge in [-0.2, -0.15) is 0 Å². The van der Waals surface area contributed by atoms with Crippen LogP contribution in [0.1, 0.15) is 20.7 Å². The summed E-state index contributed by atoms with van der Waals surface area (Å²) in [4.78, 5) is 33.4. The van der Waals surface area contributed by atoms with Gasteiger partial charge in [0.25, 0.3) is 0 Å². The SMILES string of the molecule is C=CC(=O)OCCOC(=O)c1cccc(O)c1C(=O)O. The van der Waals surface area contributed by atoms with Crippen molar-refractivity contribution in [3.63, 3.8) is 0 Å². The molecule has 0 aliphatic heterocycles. The lowest BCUT2D eigenvalue weighted by molar-refractivity contribution is -0.138. The molecule has 1 rings (SSSR count). The van der Waals surface area contributed by atoms with Crippen molar-refractivity contribution in [3.8, 4) is 5.75 Å². The molecule has 0 radical (unpaired) electrons. The fourth-order valence-electron chi connectivity index (χ4n) is 1.35. The van der Waals surface area contributed by atoms with Gasteiger partial charge in [0.15, 0.2) is 0 Å². The predicted octanol–water partition coefficient (Wildman–Crippen LogP) is 0.976. The van der Waals surface area contributed by atoms with Gasteiger partial charge in [-0.1, -0.05) is 12.6 Å². The highest BCUT2D eigenvalue weighted by atomic mass is 16.6. The average Bonchev–Trinajstić information content (AvgIpc) is 2.42. The van der Waals surface area contributed by atoms with E-state index in [0.29, 0.717) is 0 Å². The monoisotopic (exact) mass is 280 g/mol. The van der Waals surface area contributed by atoms with Crippen LogP contribution in [0.3, 0.4) is 0 Å². The fourth-order valence-corrected chi connectivity index (χ4v) is 1.35. The Kier molecular flexibility index (Phi) is 5.28. The van der Waals surface area contributed by atoms with Crippen LogP contribution in [0.4, 0.5) is 0 Å². The summed E-state index contributed by atoms with van der Waals surface area (Å²) in [7, 11) is 0. The first-order valence-corrected chi connectivity index (χ1v) is 5.49. The lowest BCUT2D eigenvalue weighted by Gasteiger charge is -2.08. The van der Waals surface area contributed by atoms with Crippen LogP contribution in [0.15, 0.2) is 30.9 Å². The summed E-state index contributed by atoms with van der Waals surface area (Å²) >= 11 is 0. The van der Waals surface area contributed by atoms with Gasteiger partial charge in [-0.3, -0.25) is 0 Å². The lowest BCUT2D eigenvalue weighted by Crippen LogP contribution is -2.15. The van der Waals surface area contributed by atoms with E-state index in [0.717, 1.165) is 12.1 Å². The van der Waals surface area contributed by atoms with E-state index in [2.05, 4.69) is 11.3 Å². The Balaban J connectivity index is 2.69. The molecule has 0 heterocycles. The number of carboxylic acid groups (broad SMARTS) is 1. The summed E-state index contributed by atoms with van der Waals surface area (Å²) in [5.74, 6) is -3.59. The molecule has 7 heteroatoms. The van der Waals surface area contributed by atoms with Crippen LogP contribution in [0.5, 0.6) is 5.75 Å². The molecule has 1 aromatic rings. The molecule has 0 bridgehead atoms. The predicted molar refractivity (Wildman–Crippen MR) is 66.5 cm³/mol. The maximum absolute atomic E-state index is 11.7. The molecular weight excluding hydrogens is 268 g/mol. The molecule has 0 fully saturated rings. The second-order valence-electron chi connectivity index (χ2n) is 3.51. The van der Waals surface area contributed by atoms with Crippen molar-refractivity contribution in [2.75, 3.05) is 13.2 Å². The van der Waals surface area contributed by atoms with Gasteiger partial charge in [-0.25, -0.2) is 14.4 Å². The Morgan fingerprint density at radius 2 is 1.85 bits per heavy atom. The highest BCUT2D eigenvalue weighted by Crippen LogP contribution is 2.21. The van der Waals surface area contributed by atoms with Crippen molar-refractivity contribution < 1.29 is 34.1 Å². The molecule has 2 N–H and O–H groups in total. The number of hydrogen-bond donors (Lipinski definition) is 2. The number of carbonyl (C=O) groups excluding carboxylic acids is 2. The summed E-state index contributed by atoms with van der Waals surface area (Å²) in [6.45, 7) is 2.76. The fraction of sp³-hybridized carbons (Fsp3) is 0.154. The van der Waals surface area contributed by atoms with Gasteiger partial charge in [0.05, 0.1) is 5.56 Å². The number of rotatable bonds is 6. The Morgan fingerprint density at radius 3 is 2.45 bits per heavy atom. The zero-order valence-electron chi connectivity index (χ0n) is 10.4. The number of phenols is 1. The van der Waals surface area contributed by atoms with E-state index in [1.165, 1.54) is 12.1 Å². The van der Waals surface area contributed by atoms with Gasteiger partial charge in [0.2, 0.25) is 0 Å². The first-order valence-electron chi connectivity index (χ1n) is 5.49. The Labute approximate surface area is 114 Å². The van der Waals surface area contributed by atoms with Gasteiger partial charge in [-0.15, -0.1) is 0 Å². The molecule has 0 spiro atoms. The molecule has 0 unspecified atom stereocenters. The highest BCUT2D eigenvalue weighted by molar-refractivity contribution is 6.04. The average molecular weight is 280 g/mol. The van der Waals surface area contributed by atoms with Crippen LogP contribution in [0, 0.1) is 0 Å². The molecule has 0 aromatic heterocycles. The first-order chi connectivity index (χ1) is 9.47. The third-order valence-corrected chi connectivity index (χ3v) is 2.20. The number of aromatic carboxylic acids is 1. The second-order valence-corrected chi connectivity index (χ2v) is 3.51. The summed E-state index contributed by atoms with van der Waals surface area (Å²) in [6, 6.07) is 3.67. The zero-order valence-corrected chi connectivity index (χ0v) is 10.4. The van der Waals surface area contributed by atoms with Crippen molar-refractivity contribution in [3.05, 3.63) is 42.0 Å². The number of carbonyl (C=O) groups is 3. The Bertz CT molecular complexity index is 548. The molecular formula is C13H12O7. The smallest absolute Gasteiger partial charge is 0.340 e. The highest BCUT2D eigenvalue weighted by Gasteiger charge is 2.21. The van der Waals surface area contributed by atoms with Gasteiger partial charge < -0.3 is 19.7 Å². The molecule has 20 heavy (non-hydrogen) atoms. The number of benzene rings is 1. The number of aromatic hydroxyl groups is 1. The minimum absolute atomic E-state index is 0.183. The summed E-state index contributed by atoms with van der Waals surface area (Å²) < 4.78 is 9.32. The van der Waals surface area contributed by atoms with E-state index in [4.69, 9.17) is 9.84 Å². The maximum atomic E-state index is 11.7. The normalized spacial score (nSPS) is 9.60. The molecule has 0 aliphatic carbocycles. The number of esters is 2. The first kappa shape index (κ1) is 15.2. The number of carboxylic acids is 1. The van der Waals surface area contributed by atoms with E-state index >= 15 is 0 Å². The van der Waals surface area contributed by atoms with Crippen LogP contribution < -0.4 is 0 Å². The van der Waals surface area contributed by atoms with Crippen molar-refractivity contribution in [1.82, 2.24) is 0 Å². The third kappa shape index (κ3) is 3.84. The van der Waals surface area contributed by atoms with E-state index in [1.807, 2.05) is 0 Å². The minimum atomic E-state index is -1.45. The van der Waals surface area contributed by atoms with Crippen molar-refractivity contribution in [2.24, 2.45) is 0 Å². The molecule has 7 nitrogen and oxygen atoms in total. The molecule has 0 atom stereocenters. The van der Waals surface area contributed by atoms with E-state index in [-0.39, 0.29) is 18.8 Å². The molecule has 0 saturated carbocycles. The van der Waals surface area contributed by atoms with E-state index in [9.17, 15) is 19.5 Å². The van der Waals surface area contributed by atoms with Crippen molar-refractivity contribution >= 4 is 17.9 Å². The van der Waals surface area contributed by atoms with Crippen molar-refractivity contribution in [1.29, 1.82) is 0 Å².